The summed E-state index contributed by atoms with van der Waals surface area (Å²) in [6.45, 7) is 4.11. The van der Waals surface area contributed by atoms with E-state index in [9.17, 15) is 9.59 Å². The molecule has 1 unspecified atom stereocenters. The highest BCUT2D eigenvalue weighted by Gasteiger charge is 2.24. The van der Waals surface area contributed by atoms with E-state index in [2.05, 4.69) is 17.6 Å². The molecular formula is C18H22N2O3. The van der Waals surface area contributed by atoms with Gasteiger partial charge in [0.05, 0.1) is 12.1 Å². The van der Waals surface area contributed by atoms with Gasteiger partial charge in [-0.2, -0.15) is 0 Å². The summed E-state index contributed by atoms with van der Waals surface area (Å²) >= 11 is 0. The van der Waals surface area contributed by atoms with Gasteiger partial charge in [0.15, 0.2) is 0 Å². The van der Waals surface area contributed by atoms with Gasteiger partial charge in [-0.1, -0.05) is 0 Å². The fourth-order valence-electron chi connectivity index (χ4n) is 3.22. The Balaban J connectivity index is 2.37. The molecular weight excluding hydrogens is 292 g/mol. The lowest BCUT2D eigenvalue weighted by molar-refractivity contribution is 0.0524. The minimum atomic E-state index is -0.544. The smallest absolute Gasteiger partial charge is 0.343 e. The molecule has 0 fully saturated rings. The predicted molar refractivity (Wildman–Crippen MR) is 91.5 cm³/mol. The normalized spacial score (nSPS) is 16.4. The molecule has 0 bridgehead atoms. The van der Waals surface area contributed by atoms with Crippen LogP contribution in [-0.4, -0.2) is 31.2 Å². The number of ether oxygens (including phenoxy) is 1. The van der Waals surface area contributed by atoms with Crippen LogP contribution in [0.3, 0.4) is 0 Å². The van der Waals surface area contributed by atoms with E-state index in [0.29, 0.717) is 5.39 Å². The molecule has 1 aromatic heterocycles. The van der Waals surface area contributed by atoms with Crippen molar-refractivity contribution in [1.29, 1.82) is 0 Å². The Hall–Kier alpha value is -2.30. The van der Waals surface area contributed by atoms with Gasteiger partial charge < -0.3 is 14.2 Å². The largest absolute Gasteiger partial charge is 0.462 e. The average Bonchev–Trinajstić information content (AvgIpc) is 2.52. The maximum Gasteiger partial charge on any atom is 0.343 e. The van der Waals surface area contributed by atoms with Gasteiger partial charge in [0.25, 0.3) is 0 Å². The van der Waals surface area contributed by atoms with Crippen molar-refractivity contribution in [2.45, 2.75) is 32.7 Å². The van der Waals surface area contributed by atoms with Crippen molar-refractivity contribution < 1.29 is 9.53 Å². The average molecular weight is 314 g/mol. The van der Waals surface area contributed by atoms with Gasteiger partial charge in [-0.25, -0.2) is 4.79 Å². The summed E-state index contributed by atoms with van der Waals surface area (Å²) in [5.41, 5.74) is 2.97. The van der Waals surface area contributed by atoms with Crippen molar-refractivity contribution in [2.24, 2.45) is 0 Å². The van der Waals surface area contributed by atoms with Gasteiger partial charge in [0, 0.05) is 37.4 Å². The molecule has 122 valence electrons. The van der Waals surface area contributed by atoms with Crippen molar-refractivity contribution in [3.63, 3.8) is 0 Å². The summed E-state index contributed by atoms with van der Waals surface area (Å²) in [5.74, 6) is -0.544. The summed E-state index contributed by atoms with van der Waals surface area (Å²) in [7, 11) is 3.90. The number of aryl methyl sites for hydroxylation is 1. The molecule has 1 aliphatic heterocycles. The molecule has 0 spiro atoms. The Morgan fingerprint density at radius 1 is 1.39 bits per heavy atom. The third-order valence-electron chi connectivity index (χ3n) is 4.51. The second-order valence-corrected chi connectivity index (χ2v) is 6.28. The van der Waals surface area contributed by atoms with Gasteiger partial charge in [0.2, 0.25) is 5.43 Å². The number of hydrogen-bond donors (Lipinski definition) is 0. The van der Waals surface area contributed by atoms with Crippen molar-refractivity contribution in [3.05, 3.63) is 39.7 Å². The van der Waals surface area contributed by atoms with Crippen LogP contribution in [0.5, 0.6) is 0 Å². The zero-order valence-electron chi connectivity index (χ0n) is 14.0. The minimum absolute atomic E-state index is 0.120. The van der Waals surface area contributed by atoms with Gasteiger partial charge in [-0.3, -0.25) is 4.79 Å². The molecule has 0 N–H and O–H groups in total. The summed E-state index contributed by atoms with van der Waals surface area (Å²) in [5, 5.41) is 0.600. The first-order valence-electron chi connectivity index (χ1n) is 8.00. The molecule has 2 aromatic rings. The molecule has 3 rings (SSSR count). The molecule has 0 radical (unpaired) electrons. The molecule has 0 saturated carbocycles. The highest BCUT2D eigenvalue weighted by atomic mass is 16.5. The maximum atomic E-state index is 12.8. The van der Waals surface area contributed by atoms with E-state index in [4.69, 9.17) is 4.74 Å². The Morgan fingerprint density at radius 3 is 2.78 bits per heavy atom. The number of esters is 1. The second kappa shape index (κ2) is 5.72. The van der Waals surface area contributed by atoms with Crippen LogP contribution < -0.4 is 10.3 Å². The molecule has 1 aromatic carbocycles. The molecule has 2 heterocycles. The Kier molecular flexibility index (Phi) is 3.88. The van der Waals surface area contributed by atoms with E-state index in [0.717, 1.165) is 29.6 Å². The number of nitrogens with zero attached hydrogens (tertiary/aromatic N) is 2. The number of rotatable bonds is 3. The first-order valence-corrected chi connectivity index (χ1v) is 8.00. The molecule has 5 heteroatoms. The summed E-state index contributed by atoms with van der Waals surface area (Å²) in [4.78, 5) is 27.0. The van der Waals surface area contributed by atoms with Crippen LogP contribution in [-0.2, 0) is 11.2 Å². The fourth-order valence-corrected chi connectivity index (χ4v) is 3.22. The predicted octanol–water partition coefficient (Wildman–Crippen LogP) is 2.75. The molecule has 0 aliphatic carbocycles. The lowest BCUT2D eigenvalue weighted by atomic mass is 9.95. The standard InChI is InChI=1S/C18H22N2O3/c1-5-23-18(22)15-10-20-11(2)6-7-12-8-13(19(3)4)9-14(16(12)20)17(15)21/h8-11H,5-7H2,1-4H3. The van der Waals surface area contributed by atoms with Crippen LogP contribution in [0, 0.1) is 0 Å². The van der Waals surface area contributed by atoms with E-state index in [1.165, 1.54) is 0 Å². The zero-order valence-corrected chi connectivity index (χ0v) is 14.0. The van der Waals surface area contributed by atoms with E-state index < -0.39 is 5.97 Å². The molecule has 5 nitrogen and oxygen atoms in total. The number of benzene rings is 1. The lowest BCUT2D eigenvalue weighted by Gasteiger charge is -2.28. The third-order valence-corrected chi connectivity index (χ3v) is 4.51. The number of pyridine rings is 1. The van der Waals surface area contributed by atoms with Crippen LogP contribution >= 0.6 is 0 Å². The van der Waals surface area contributed by atoms with Crippen LogP contribution in [0.1, 0.15) is 42.2 Å². The minimum Gasteiger partial charge on any atom is -0.462 e. The van der Waals surface area contributed by atoms with E-state index in [-0.39, 0.29) is 23.6 Å². The van der Waals surface area contributed by atoms with Crippen LogP contribution in [0.25, 0.3) is 10.9 Å². The van der Waals surface area contributed by atoms with Crippen LogP contribution in [0.2, 0.25) is 0 Å². The summed E-state index contributed by atoms with van der Waals surface area (Å²) in [6, 6.07) is 4.26. The number of anilines is 1. The topological polar surface area (TPSA) is 51.5 Å². The first kappa shape index (κ1) is 15.6. The molecule has 1 aliphatic rings. The van der Waals surface area contributed by atoms with Gasteiger partial charge in [-0.15, -0.1) is 0 Å². The second-order valence-electron chi connectivity index (χ2n) is 6.28. The summed E-state index contributed by atoms with van der Waals surface area (Å²) < 4.78 is 7.11. The van der Waals surface area contributed by atoms with E-state index in [1.54, 1.807) is 13.1 Å². The van der Waals surface area contributed by atoms with E-state index >= 15 is 0 Å². The zero-order chi connectivity index (χ0) is 16.7. The fraction of sp³-hybridized carbons (Fsp3) is 0.444. The Morgan fingerprint density at radius 2 is 2.13 bits per heavy atom. The van der Waals surface area contributed by atoms with Crippen molar-refractivity contribution in [2.75, 3.05) is 25.6 Å². The molecule has 23 heavy (non-hydrogen) atoms. The SMILES string of the molecule is CCOC(=O)c1cn2c3c(cc(N(C)C)cc3c1=O)CCC2C. The number of carbonyl (C=O) groups excluding carboxylic acids is 1. The third kappa shape index (κ3) is 2.50. The monoisotopic (exact) mass is 314 g/mol. The van der Waals surface area contributed by atoms with Gasteiger partial charge in [0.1, 0.15) is 5.56 Å². The summed E-state index contributed by atoms with van der Waals surface area (Å²) in [6.07, 6.45) is 3.60. The van der Waals surface area contributed by atoms with Crippen LogP contribution in [0.15, 0.2) is 23.1 Å². The van der Waals surface area contributed by atoms with Gasteiger partial charge >= 0.3 is 5.97 Å². The Bertz CT molecular complexity index is 836. The molecule has 0 amide bonds. The van der Waals surface area contributed by atoms with Crippen molar-refractivity contribution in [1.82, 2.24) is 4.57 Å². The van der Waals surface area contributed by atoms with Crippen LogP contribution in [0.4, 0.5) is 5.69 Å². The number of carbonyl (C=O) groups is 1. The highest BCUT2D eigenvalue weighted by molar-refractivity contribution is 5.95. The Labute approximate surface area is 135 Å². The van der Waals surface area contributed by atoms with Gasteiger partial charge in [-0.05, 0) is 44.4 Å². The molecule has 1 atom stereocenters. The van der Waals surface area contributed by atoms with E-state index in [1.807, 2.05) is 25.1 Å². The number of hydrogen-bond acceptors (Lipinski definition) is 4. The lowest BCUT2D eigenvalue weighted by Crippen LogP contribution is -2.25. The maximum absolute atomic E-state index is 12.8. The van der Waals surface area contributed by atoms with Crippen molar-refractivity contribution in [3.8, 4) is 0 Å². The first-order chi connectivity index (χ1) is 10.9. The van der Waals surface area contributed by atoms with Crippen molar-refractivity contribution >= 4 is 22.6 Å². The molecule has 0 saturated heterocycles. The quantitative estimate of drug-likeness (QED) is 0.818. The number of aromatic nitrogens is 1. The highest BCUT2D eigenvalue weighted by Crippen LogP contribution is 2.32.